The summed E-state index contributed by atoms with van der Waals surface area (Å²) in [6.45, 7) is 5.04. The lowest BCUT2D eigenvalue weighted by molar-refractivity contribution is -0.0705. The van der Waals surface area contributed by atoms with Gasteiger partial charge in [-0.25, -0.2) is 4.79 Å². The van der Waals surface area contributed by atoms with Gasteiger partial charge in [-0.1, -0.05) is 6.58 Å². The number of aromatic nitrogens is 2. The average Bonchev–Trinajstić information content (AvgIpc) is 2.99. The van der Waals surface area contributed by atoms with Crippen molar-refractivity contribution in [2.45, 2.75) is 25.4 Å². The zero-order valence-electron chi connectivity index (χ0n) is 12.1. The highest BCUT2D eigenvalue weighted by Crippen LogP contribution is 2.52. The predicted molar refractivity (Wildman–Crippen MR) is 75.5 cm³/mol. The van der Waals surface area contributed by atoms with Crippen molar-refractivity contribution in [3.63, 3.8) is 0 Å². The standard InChI is InChI=1S/C14H18N2O6/c1-7-3-16(13(20)15-11(7)19)12-10-14(6-18,8(2)5-21-10)9(4-17)22-12/h3,9-10,12,17-18H,2,4-6H2,1H3,(H,15,19,20)/t9-,10+,12-,14-/m1/s1. The van der Waals surface area contributed by atoms with E-state index in [0.717, 1.165) is 0 Å². The summed E-state index contributed by atoms with van der Waals surface area (Å²) in [5.74, 6) is 0. The number of aromatic amines is 1. The van der Waals surface area contributed by atoms with E-state index in [4.69, 9.17) is 9.47 Å². The Morgan fingerprint density at radius 2 is 2.23 bits per heavy atom. The number of aliphatic hydroxyl groups is 2. The molecule has 0 aliphatic carbocycles. The molecule has 0 radical (unpaired) electrons. The molecule has 1 aromatic rings. The van der Waals surface area contributed by atoms with Crippen LogP contribution in [-0.4, -0.2) is 51.8 Å². The van der Waals surface area contributed by atoms with Crippen LogP contribution in [0.3, 0.4) is 0 Å². The van der Waals surface area contributed by atoms with Gasteiger partial charge in [0.2, 0.25) is 0 Å². The van der Waals surface area contributed by atoms with Gasteiger partial charge in [-0.15, -0.1) is 0 Å². The van der Waals surface area contributed by atoms with Gasteiger partial charge in [0.05, 0.1) is 31.3 Å². The van der Waals surface area contributed by atoms with Crippen LogP contribution >= 0.6 is 0 Å². The van der Waals surface area contributed by atoms with Gasteiger partial charge in [-0.2, -0.15) is 0 Å². The number of rotatable bonds is 3. The average molecular weight is 310 g/mol. The normalized spacial score (nSPS) is 34.1. The van der Waals surface area contributed by atoms with Crippen LogP contribution in [-0.2, 0) is 9.47 Å². The quantitative estimate of drug-likeness (QED) is 0.596. The highest BCUT2D eigenvalue weighted by Gasteiger charge is 2.62. The van der Waals surface area contributed by atoms with Gasteiger partial charge in [-0.3, -0.25) is 14.3 Å². The smallest absolute Gasteiger partial charge is 0.330 e. The number of ether oxygens (including phenoxy) is 2. The number of aryl methyl sites for hydroxylation is 1. The summed E-state index contributed by atoms with van der Waals surface area (Å²) in [6.07, 6.45) is -0.864. The molecule has 0 aromatic carbocycles. The first-order valence-corrected chi connectivity index (χ1v) is 6.94. The van der Waals surface area contributed by atoms with Crippen molar-refractivity contribution in [1.82, 2.24) is 9.55 Å². The number of hydrogen-bond acceptors (Lipinski definition) is 6. The van der Waals surface area contributed by atoms with Gasteiger partial charge < -0.3 is 19.7 Å². The molecule has 4 atom stereocenters. The fourth-order valence-corrected chi connectivity index (χ4v) is 3.28. The molecule has 3 rings (SSSR count). The first-order chi connectivity index (χ1) is 10.5. The molecule has 8 nitrogen and oxygen atoms in total. The third-order valence-corrected chi connectivity index (χ3v) is 4.59. The SMILES string of the molecule is C=C1CO[C@H]2[C@H](n3cc(C)c(=O)[nH]c3=O)O[C@H](CO)[C@@]12CO. The summed E-state index contributed by atoms with van der Waals surface area (Å²) in [6, 6.07) is 0. The molecule has 0 amide bonds. The fraction of sp³-hybridized carbons (Fsp3) is 0.571. The number of fused-ring (bicyclic) bond motifs is 1. The maximum absolute atomic E-state index is 12.1. The van der Waals surface area contributed by atoms with E-state index in [1.54, 1.807) is 6.92 Å². The second-order valence-corrected chi connectivity index (χ2v) is 5.71. The Hall–Kier alpha value is -1.74. The highest BCUT2D eigenvalue weighted by atomic mass is 16.6. The zero-order valence-corrected chi connectivity index (χ0v) is 12.1. The highest BCUT2D eigenvalue weighted by molar-refractivity contribution is 5.25. The van der Waals surface area contributed by atoms with Crippen LogP contribution in [0, 0.1) is 12.3 Å². The van der Waals surface area contributed by atoms with Gasteiger partial charge in [0.1, 0.15) is 6.10 Å². The van der Waals surface area contributed by atoms with Crippen molar-refractivity contribution >= 4 is 0 Å². The predicted octanol–water partition coefficient (Wildman–Crippen LogP) is -1.33. The third-order valence-electron chi connectivity index (χ3n) is 4.59. The molecular weight excluding hydrogens is 292 g/mol. The third kappa shape index (κ3) is 1.85. The van der Waals surface area contributed by atoms with Gasteiger partial charge in [0.25, 0.3) is 5.56 Å². The lowest BCUT2D eigenvalue weighted by Crippen LogP contribution is -2.44. The Morgan fingerprint density at radius 3 is 2.86 bits per heavy atom. The van der Waals surface area contributed by atoms with Crippen LogP contribution in [0.1, 0.15) is 11.8 Å². The van der Waals surface area contributed by atoms with Crippen LogP contribution in [0.15, 0.2) is 27.9 Å². The van der Waals surface area contributed by atoms with Gasteiger partial charge >= 0.3 is 5.69 Å². The van der Waals surface area contributed by atoms with E-state index in [0.29, 0.717) is 11.1 Å². The number of hydrogen-bond donors (Lipinski definition) is 3. The lowest BCUT2D eigenvalue weighted by atomic mass is 9.75. The molecule has 0 spiro atoms. The molecule has 3 N–H and O–H groups in total. The minimum Gasteiger partial charge on any atom is -0.395 e. The molecule has 2 saturated heterocycles. The second kappa shape index (κ2) is 5.17. The van der Waals surface area contributed by atoms with Crippen LogP contribution in [0.4, 0.5) is 0 Å². The molecule has 22 heavy (non-hydrogen) atoms. The molecule has 1 aromatic heterocycles. The first-order valence-electron chi connectivity index (χ1n) is 6.94. The topological polar surface area (TPSA) is 114 Å². The fourth-order valence-electron chi connectivity index (χ4n) is 3.28. The number of H-pyrrole nitrogens is 1. The Balaban J connectivity index is 2.11. The van der Waals surface area contributed by atoms with E-state index < -0.39 is 35.1 Å². The van der Waals surface area contributed by atoms with E-state index in [2.05, 4.69) is 11.6 Å². The summed E-state index contributed by atoms with van der Waals surface area (Å²) in [5.41, 5.74) is -1.09. The van der Waals surface area contributed by atoms with Gasteiger partial charge in [0.15, 0.2) is 6.23 Å². The van der Waals surface area contributed by atoms with Gasteiger partial charge in [-0.05, 0) is 12.5 Å². The molecule has 3 heterocycles. The summed E-state index contributed by atoms with van der Waals surface area (Å²) in [5, 5.41) is 19.4. The monoisotopic (exact) mass is 310 g/mol. The molecular formula is C14H18N2O6. The van der Waals surface area contributed by atoms with Crippen molar-refractivity contribution in [3.05, 3.63) is 44.8 Å². The van der Waals surface area contributed by atoms with E-state index >= 15 is 0 Å². The van der Waals surface area contributed by atoms with E-state index in [1.165, 1.54) is 10.8 Å². The number of aliphatic hydroxyl groups excluding tert-OH is 2. The van der Waals surface area contributed by atoms with E-state index in [-0.39, 0.29) is 19.8 Å². The number of nitrogens with zero attached hydrogens (tertiary/aromatic N) is 1. The van der Waals surface area contributed by atoms with Crippen LogP contribution in [0.25, 0.3) is 0 Å². The Labute approximate surface area is 125 Å². The van der Waals surface area contributed by atoms with Crippen molar-refractivity contribution in [2.75, 3.05) is 19.8 Å². The molecule has 120 valence electrons. The molecule has 0 unspecified atom stereocenters. The molecule has 8 heteroatoms. The summed E-state index contributed by atoms with van der Waals surface area (Å²) >= 11 is 0. The Morgan fingerprint density at radius 1 is 1.50 bits per heavy atom. The lowest BCUT2D eigenvalue weighted by Gasteiger charge is -2.30. The largest absolute Gasteiger partial charge is 0.395 e. The maximum atomic E-state index is 12.1. The van der Waals surface area contributed by atoms with Crippen LogP contribution < -0.4 is 11.2 Å². The maximum Gasteiger partial charge on any atom is 0.330 e. The van der Waals surface area contributed by atoms with Gasteiger partial charge in [0, 0.05) is 11.8 Å². The minimum atomic E-state index is -0.955. The van der Waals surface area contributed by atoms with Crippen molar-refractivity contribution < 1.29 is 19.7 Å². The summed E-state index contributed by atoms with van der Waals surface area (Å²) in [7, 11) is 0. The van der Waals surface area contributed by atoms with Crippen molar-refractivity contribution in [2.24, 2.45) is 5.41 Å². The molecule has 0 saturated carbocycles. The van der Waals surface area contributed by atoms with Crippen LogP contribution in [0.2, 0.25) is 0 Å². The second-order valence-electron chi connectivity index (χ2n) is 5.71. The molecule has 2 aliphatic heterocycles. The summed E-state index contributed by atoms with van der Waals surface area (Å²) in [4.78, 5) is 25.8. The zero-order chi connectivity index (χ0) is 16.1. The van der Waals surface area contributed by atoms with Crippen LogP contribution in [0.5, 0.6) is 0 Å². The van der Waals surface area contributed by atoms with Crippen molar-refractivity contribution in [3.8, 4) is 0 Å². The molecule has 2 fully saturated rings. The Bertz CT molecular complexity index is 723. The minimum absolute atomic E-state index is 0.221. The first kappa shape index (κ1) is 15.2. The summed E-state index contributed by atoms with van der Waals surface area (Å²) < 4.78 is 12.6. The number of nitrogens with one attached hydrogen (secondary N) is 1. The van der Waals surface area contributed by atoms with E-state index in [1.807, 2.05) is 0 Å². The Kier molecular flexibility index (Phi) is 3.56. The van der Waals surface area contributed by atoms with Crippen molar-refractivity contribution in [1.29, 1.82) is 0 Å². The van der Waals surface area contributed by atoms with E-state index in [9.17, 15) is 19.8 Å². The molecule has 2 aliphatic rings. The molecule has 0 bridgehead atoms.